The molecule has 6 heteroatoms. The van der Waals surface area contributed by atoms with E-state index in [2.05, 4.69) is 10.6 Å². The highest BCUT2D eigenvalue weighted by Crippen LogP contribution is 2.13. The molecule has 3 N–H and O–H groups in total. The molecule has 0 fully saturated rings. The van der Waals surface area contributed by atoms with Gasteiger partial charge in [-0.2, -0.15) is 0 Å². The summed E-state index contributed by atoms with van der Waals surface area (Å²) in [5, 5.41) is 14.1. The largest absolute Gasteiger partial charge is 0.396 e. The van der Waals surface area contributed by atoms with Crippen LogP contribution in [0.25, 0.3) is 0 Å². The maximum Gasteiger partial charge on any atom is 0.254 e. The zero-order chi connectivity index (χ0) is 15.9. The Morgan fingerprint density at radius 3 is 2.57 bits per heavy atom. The Labute approximate surface area is 123 Å². The monoisotopic (exact) mass is 296 g/mol. The van der Waals surface area contributed by atoms with Crippen LogP contribution in [0.1, 0.15) is 37.0 Å². The van der Waals surface area contributed by atoms with Gasteiger partial charge in [-0.1, -0.05) is 19.1 Å². The molecule has 0 saturated heterocycles. The lowest BCUT2D eigenvalue weighted by atomic mass is 9.95. The summed E-state index contributed by atoms with van der Waals surface area (Å²) in [7, 11) is 0. The van der Waals surface area contributed by atoms with E-state index in [9.17, 15) is 14.0 Å². The predicted octanol–water partition coefficient (Wildman–Crippen LogP) is 1.22. The average molecular weight is 296 g/mol. The van der Waals surface area contributed by atoms with Crippen molar-refractivity contribution in [2.75, 3.05) is 13.2 Å². The van der Waals surface area contributed by atoms with Gasteiger partial charge in [0, 0.05) is 12.1 Å². The van der Waals surface area contributed by atoms with E-state index in [1.807, 2.05) is 13.8 Å². The van der Waals surface area contributed by atoms with E-state index >= 15 is 0 Å². The highest BCUT2D eigenvalue weighted by molar-refractivity contribution is 5.96. The summed E-state index contributed by atoms with van der Waals surface area (Å²) in [4.78, 5) is 23.6. The fourth-order valence-corrected chi connectivity index (χ4v) is 1.86. The molecule has 21 heavy (non-hydrogen) atoms. The Bertz CT molecular complexity index is 507. The summed E-state index contributed by atoms with van der Waals surface area (Å²) in [6.45, 7) is 3.44. The van der Waals surface area contributed by atoms with E-state index in [0.717, 1.165) is 0 Å². The van der Waals surface area contributed by atoms with Crippen molar-refractivity contribution in [3.8, 4) is 0 Å². The van der Waals surface area contributed by atoms with Crippen molar-refractivity contribution in [3.63, 3.8) is 0 Å². The van der Waals surface area contributed by atoms with Crippen molar-refractivity contribution in [3.05, 3.63) is 35.6 Å². The Kier molecular flexibility index (Phi) is 6.30. The first kappa shape index (κ1) is 17.1. The van der Waals surface area contributed by atoms with Gasteiger partial charge in [-0.15, -0.1) is 0 Å². The summed E-state index contributed by atoms with van der Waals surface area (Å²) < 4.78 is 13.4. The van der Waals surface area contributed by atoms with Crippen LogP contribution in [0, 0.1) is 5.82 Å². The quantitative estimate of drug-likeness (QED) is 0.708. The van der Waals surface area contributed by atoms with Crippen LogP contribution in [0.4, 0.5) is 4.39 Å². The van der Waals surface area contributed by atoms with Crippen LogP contribution >= 0.6 is 0 Å². The van der Waals surface area contributed by atoms with Crippen molar-refractivity contribution in [2.24, 2.45) is 0 Å². The number of hydrogen-bond acceptors (Lipinski definition) is 3. The first-order valence-corrected chi connectivity index (χ1v) is 6.86. The van der Waals surface area contributed by atoms with Crippen LogP contribution in [0.5, 0.6) is 0 Å². The van der Waals surface area contributed by atoms with E-state index in [1.165, 1.54) is 18.2 Å². The number of carbonyl (C=O) groups excluding carboxylic acids is 2. The molecule has 1 aromatic carbocycles. The smallest absolute Gasteiger partial charge is 0.254 e. The molecular weight excluding hydrogens is 275 g/mol. The standard InChI is InChI=1S/C15H21FN2O3/c1-3-15(2,8-9-19)18-13(20)10-17-14(21)11-6-4-5-7-12(11)16/h4-7,19H,3,8-10H2,1-2H3,(H,17,21)(H,18,20). The lowest BCUT2D eigenvalue weighted by Crippen LogP contribution is -2.49. The number of amides is 2. The van der Waals surface area contributed by atoms with Gasteiger partial charge >= 0.3 is 0 Å². The minimum atomic E-state index is -0.636. The van der Waals surface area contributed by atoms with Gasteiger partial charge in [0.25, 0.3) is 5.91 Å². The zero-order valence-electron chi connectivity index (χ0n) is 12.3. The van der Waals surface area contributed by atoms with E-state index < -0.39 is 17.3 Å². The number of aliphatic hydroxyl groups is 1. The molecule has 0 aliphatic carbocycles. The molecular formula is C15H21FN2O3. The summed E-state index contributed by atoms with van der Waals surface area (Å²) in [6, 6.07) is 5.57. The number of aliphatic hydroxyl groups excluding tert-OH is 1. The van der Waals surface area contributed by atoms with Gasteiger partial charge in [0.2, 0.25) is 5.91 Å². The lowest BCUT2D eigenvalue weighted by molar-refractivity contribution is -0.122. The van der Waals surface area contributed by atoms with Crippen molar-refractivity contribution in [1.29, 1.82) is 0 Å². The number of hydrogen-bond donors (Lipinski definition) is 3. The predicted molar refractivity (Wildman–Crippen MR) is 77.3 cm³/mol. The molecule has 1 rings (SSSR count). The minimum Gasteiger partial charge on any atom is -0.396 e. The molecule has 1 atom stereocenters. The van der Waals surface area contributed by atoms with E-state index in [4.69, 9.17) is 5.11 Å². The van der Waals surface area contributed by atoms with Gasteiger partial charge in [0.1, 0.15) is 5.82 Å². The van der Waals surface area contributed by atoms with Crippen LogP contribution in [0.3, 0.4) is 0 Å². The van der Waals surface area contributed by atoms with Gasteiger partial charge in [-0.05, 0) is 31.9 Å². The molecule has 2 amide bonds. The van der Waals surface area contributed by atoms with E-state index in [1.54, 1.807) is 6.07 Å². The second-order valence-electron chi connectivity index (χ2n) is 5.10. The molecule has 0 aliphatic rings. The average Bonchev–Trinajstić information content (AvgIpc) is 2.45. The highest BCUT2D eigenvalue weighted by Gasteiger charge is 2.23. The Morgan fingerprint density at radius 2 is 2.00 bits per heavy atom. The van der Waals surface area contributed by atoms with Crippen molar-refractivity contribution >= 4 is 11.8 Å². The normalized spacial score (nSPS) is 13.3. The van der Waals surface area contributed by atoms with Gasteiger partial charge in [-0.25, -0.2) is 4.39 Å². The third kappa shape index (κ3) is 5.15. The minimum absolute atomic E-state index is 0.0355. The third-order valence-electron chi connectivity index (χ3n) is 3.41. The number of rotatable bonds is 7. The number of halogens is 1. The Morgan fingerprint density at radius 1 is 1.33 bits per heavy atom. The van der Waals surface area contributed by atoms with Crippen molar-refractivity contribution < 1.29 is 19.1 Å². The van der Waals surface area contributed by atoms with Gasteiger partial charge < -0.3 is 15.7 Å². The van der Waals surface area contributed by atoms with Crippen molar-refractivity contribution in [1.82, 2.24) is 10.6 Å². The van der Waals surface area contributed by atoms with Crippen LogP contribution in [-0.2, 0) is 4.79 Å². The van der Waals surface area contributed by atoms with Crippen molar-refractivity contribution in [2.45, 2.75) is 32.2 Å². The maximum absolute atomic E-state index is 13.4. The number of benzene rings is 1. The summed E-state index contributed by atoms with van der Waals surface area (Å²) in [6.07, 6.45) is 1.08. The second-order valence-corrected chi connectivity index (χ2v) is 5.10. The van der Waals surface area contributed by atoms with Crippen LogP contribution in [0.2, 0.25) is 0 Å². The lowest BCUT2D eigenvalue weighted by Gasteiger charge is -2.29. The summed E-state index contributed by atoms with van der Waals surface area (Å²) in [5.41, 5.74) is -0.618. The summed E-state index contributed by atoms with van der Waals surface area (Å²) in [5.74, 6) is -1.64. The SMILES string of the molecule is CCC(C)(CCO)NC(=O)CNC(=O)c1ccccc1F. The Hall–Kier alpha value is -1.95. The van der Waals surface area contributed by atoms with Gasteiger partial charge in [-0.3, -0.25) is 9.59 Å². The zero-order valence-corrected chi connectivity index (χ0v) is 12.3. The van der Waals surface area contributed by atoms with Crippen LogP contribution < -0.4 is 10.6 Å². The molecule has 0 bridgehead atoms. The summed E-state index contributed by atoms with van der Waals surface area (Å²) >= 11 is 0. The van der Waals surface area contributed by atoms with Gasteiger partial charge in [0.05, 0.1) is 12.1 Å². The molecule has 0 heterocycles. The maximum atomic E-state index is 13.4. The first-order valence-electron chi connectivity index (χ1n) is 6.86. The molecule has 0 radical (unpaired) electrons. The molecule has 0 spiro atoms. The molecule has 0 aliphatic heterocycles. The van der Waals surface area contributed by atoms with Crippen LogP contribution in [-0.4, -0.2) is 35.6 Å². The molecule has 1 aromatic rings. The molecule has 0 saturated carbocycles. The number of nitrogens with one attached hydrogen (secondary N) is 2. The molecule has 0 aromatic heterocycles. The second kappa shape index (κ2) is 7.73. The van der Waals surface area contributed by atoms with Crippen LogP contribution in [0.15, 0.2) is 24.3 Å². The van der Waals surface area contributed by atoms with E-state index in [0.29, 0.717) is 12.8 Å². The Balaban J connectivity index is 2.53. The van der Waals surface area contributed by atoms with Gasteiger partial charge in [0.15, 0.2) is 0 Å². The third-order valence-corrected chi connectivity index (χ3v) is 3.41. The highest BCUT2D eigenvalue weighted by atomic mass is 19.1. The first-order chi connectivity index (χ1) is 9.91. The molecule has 116 valence electrons. The molecule has 1 unspecified atom stereocenters. The number of carbonyl (C=O) groups is 2. The molecule has 5 nitrogen and oxygen atoms in total. The topological polar surface area (TPSA) is 78.4 Å². The fraction of sp³-hybridized carbons (Fsp3) is 0.467. The fourth-order valence-electron chi connectivity index (χ4n) is 1.86. The van der Waals surface area contributed by atoms with E-state index in [-0.39, 0.29) is 24.6 Å².